The second-order valence-electron chi connectivity index (χ2n) is 12.0. The van der Waals surface area contributed by atoms with E-state index >= 15 is 0 Å². The molecule has 40 heavy (non-hydrogen) atoms. The van der Waals surface area contributed by atoms with E-state index in [4.69, 9.17) is 9.26 Å². The molecule has 0 spiro atoms. The fraction of sp³-hybridized carbons (Fsp3) is 0.452. The molecule has 2 aliphatic rings. The van der Waals surface area contributed by atoms with Gasteiger partial charge in [-0.2, -0.15) is 18.2 Å². The first-order valence-corrected chi connectivity index (χ1v) is 13.9. The minimum Gasteiger partial charge on any atom is -0.460 e. The molecule has 1 unspecified atom stereocenters. The van der Waals surface area contributed by atoms with E-state index in [2.05, 4.69) is 20.8 Å². The third-order valence-electron chi connectivity index (χ3n) is 7.93. The van der Waals surface area contributed by atoms with Crippen molar-refractivity contribution in [1.29, 1.82) is 0 Å². The molecule has 0 amide bonds. The molecule has 1 saturated carbocycles. The number of benzene rings is 2. The van der Waals surface area contributed by atoms with E-state index in [0.29, 0.717) is 17.0 Å². The standard InChI is InChI=1S/C31H32F3N3O3/c1-30(2,3)39-27(38)17-23-12-11-22-14-19-8-9-20(16-26(19)37(22)23)28-35-29(40-36-28)21-10-13-24(18-6-4-5-7-18)25(15-21)31(32,33)34/h8-10,13-16,18,23H,4-7,11-12,17H2,1-3H3. The molecule has 1 aliphatic carbocycles. The lowest BCUT2D eigenvalue weighted by Crippen LogP contribution is -2.25. The highest BCUT2D eigenvalue weighted by Crippen LogP contribution is 2.43. The number of ether oxygens (including phenoxy) is 1. The predicted molar refractivity (Wildman–Crippen MR) is 145 cm³/mol. The average Bonchev–Trinajstić information content (AvgIpc) is 3.67. The first-order chi connectivity index (χ1) is 19.0. The topological polar surface area (TPSA) is 70.2 Å². The highest BCUT2D eigenvalue weighted by molar-refractivity contribution is 5.86. The van der Waals surface area contributed by atoms with Crippen molar-refractivity contribution in [1.82, 2.24) is 14.7 Å². The first kappa shape index (κ1) is 26.6. The van der Waals surface area contributed by atoms with Crippen LogP contribution in [0.3, 0.4) is 0 Å². The number of halogens is 3. The minimum absolute atomic E-state index is 0.0161. The largest absolute Gasteiger partial charge is 0.460 e. The molecule has 9 heteroatoms. The Kier molecular flexibility index (Phi) is 6.50. The van der Waals surface area contributed by atoms with Gasteiger partial charge in [0.2, 0.25) is 5.82 Å². The Morgan fingerprint density at radius 2 is 1.77 bits per heavy atom. The zero-order valence-electron chi connectivity index (χ0n) is 22.8. The SMILES string of the molecule is CC(C)(C)OC(=O)CC1CCc2cc3ccc(-c4noc(-c5ccc(C6CCCC6)c(C(F)(F)F)c5)n4)cc3n21. The Balaban J connectivity index is 1.30. The van der Waals surface area contributed by atoms with E-state index < -0.39 is 17.3 Å². The number of hydrogen-bond acceptors (Lipinski definition) is 5. The van der Waals surface area contributed by atoms with Crippen LogP contribution in [0, 0.1) is 0 Å². The summed E-state index contributed by atoms with van der Waals surface area (Å²) < 4.78 is 55.1. The van der Waals surface area contributed by atoms with Gasteiger partial charge in [-0.25, -0.2) is 0 Å². The van der Waals surface area contributed by atoms with Gasteiger partial charge in [-0.15, -0.1) is 0 Å². The minimum atomic E-state index is -4.47. The van der Waals surface area contributed by atoms with Crippen molar-refractivity contribution < 1.29 is 27.2 Å². The van der Waals surface area contributed by atoms with Crippen molar-refractivity contribution in [3.63, 3.8) is 0 Å². The summed E-state index contributed by atoms with van der Waals surface area (Å²) in [4.78, 5) is 17.0. The van der Waals surface area contributed by atoms with Gasteiger partial charge in [0, 0.05) is 28.4 Å². The van der Waals surface area contributed by atoms with Gasteiger partial charge in [-0.1, -0.05) is 36.2 Å². The number of aryl methyl sites for hydroxylation is 1. The van der Waals surface area contributed by atoms with E-state index in [9.17, 15) is 18.0 Å². The van der Waals surface area contributed by atoms with Crippen molar-refractivity contribution in [2.45, 2.75) is 89.5 Å². The first-order valence-electron chi connectivity index (χ1n) is 13.9. The molecule has 2 aromatic carbocycles. The number of esters is 1. The molecule has 6 nitrogen and oxygen atoms in total. The summed E-state index contributed by atoms with van der Waals surface area (Å²) in [5.41, 5.74) is 2.21. The van der Waals surface area contributed by atoms with Crippen molar-refractivity contribution in [2.75, 3.05) is 0 Å². The maximum atomic E-state index is 14.0. The van der Waals surface area contributed by atoms with Gasteiger partial charge in [-0.05, 0) is 87.6 Å². The fourth-order valence-corrected chi connectivity index (χ4v) is 6.24. The van der Waals surface area contributed by atoms with Gasteiger partial charge in [-0.3, -0.25) is 4.79 Å². The molecule has 1 fully saturated rings. The van der Waals surface area contributed by atoms with Crippen LogP contribution in [0.4, 0.5) is 13.2 Å². The number of hydrogen-bond donors (Lipinski definition) is 0. The van der Waals surface area contributed by atoms with Crippen LogP contribution in [-0.2, 0) is 22.1 Å². The molecule has 0 radical (unpaired) electrons. The summed E-state index contributed by atoms with van der Waals surface area (Å²) in [6, 6.07) is 12.2. The summed E-state index contributed by atoms with van der Waals surface area (Å²) in [7, 11) is 0. The maximum absolute atomic E-state index is 14.0. The summed E-state index contributed by atoms with van der Waals surface area (Å²) in [6.07, 6.45) is 0.981. The number of nitrogens with zero attached hydrogens (tertiary/aromatic N) is 3. The summed E-state index contributed by atoms with van der Waals surface area (Å²) in [5, 5.41) is 5.13. The van der Waals surface area contributed by atoms with Gasteiger partial charge in [0.1, 0.15) is 5.60 Å². The molecular formula is C31H32F3N3O3. The maximum Gasteiger partial charge on any atom is 0.416 e. The molecule has 0 saturated heterocycles. The number of carbonyl (C=O) groups excluding carboxylic acids is 1. The molecule has 0 N–H and O–H groups in total. The quantitative estimate of drug-likeness (QED) is 0.234. The van der Waals surface area contributed by atoms with E-state index in [1.165, 1.54) is 0 Å². The summed E-state index contributed by atoms with van der Waals surface area (Å²) in [6.45, 7) is 5.57. The van der Waals surface area contributed by atoms with Crippen LogP contribution in [-0.4, -0.2) is 26.3 Å². The number of rotatable bonds is 5. The van der Waals surface area contributed by atoms with Crippen molar-refractivity contribution >= 4 is 16.9 Å². The van der Waals surface area contributed by atoms with Crippen molar-refractivity contribution in [3.05, 3.63) is 59.3 Å². The van der Waals surface area contributed by atoms with Gasteiger partial charge in [0.05, 0.1) is 12.0 Å². The van der Waals surface area contributed by atoms with Crippen LogP contribution in [0.2, 0.25) is 0 Å². The lowest BCUT2D eigenvalue weighted by atomic mass is 9.91. The molecule has 4 aromatic rings. The fourth-order valence-electron chi connectivity index (χ4n) is 6.24. The number of carbonyl (C=O) groups is 1. The lowest BCUT2D eigenvalue weighted by molar-refractivity contribution is -0.155. The Morgan fingerprint density at radius 1 is 1.02 bits per heavy atom. The van der Waals surface area contributed by atoms with E-state index in [0.717, 1.165) is 61.2 Å². The molecule has 3 heterocycles. The average molecular weight is 552 g/mol. The third-order valence-corrected chi connectivity index (χ3v) is 7.93. The second kappa shape index (κ2) is 9.78. The van der Waals surface area contributed by atoms with Gasteiger partial charge in [0.25, 0.3) is 5.89 Å². The smallest absolute Gasteiger partial charge is 0.416 e. The molecule has 0 bridgehead atoms. The molecular weight excluding hydrogens is 519 g/mol. The molecule has 2 aromatic heterocycles. The van der Waals surface area contributed by atoms with E-state index in [1.807, 2.05) is 39.0 Å². The molecule has 6 rings (SSSR count). The number of fused-ring (bicyclic) bond motifs is 3. The highest BCUT2D eigenvalue weighted by atomic mass is 19.4. The lowest BCUT2D eigenvalue weighted by Gasteiger charge is -2.22. The predicted octanol–water partition coefficient (Wildman–Crippen LogP) is 8.25. The summed E-state index contributed by atoms with van der Waals surface area (Å²) in [5.74, 6) is 0.0336. The Hall–Kier alpha value is -3.62. The van der Waals surface area contributed by atoms with Gasteiger partial charge in [0.15, 0.2) is 0 Å². The van der Waals surface area contributed by atoms with E-state index in [-0.39, 0.29) is 35.8 Å². The van der Waals surface area contributed by atoms with Crippen LogP contribution in [0.15, 0.2) is 47.0 Å². The Bertz CT molecular complexity index is 1570. The Morgan fingerprint density at radius 3 is 2.50 bits per heavy atom. The van der Waals surface area contributed by atoms with Gasteiger partial charge < -0.3 is 13.8 Å². The normalized spacial score (nSPS) is 18.0. The number of alkyl halides is 3. The van der Waals surface area contributed by atoms with Crippen molar-refractivity contribution in [3.8, 4) is 22.8 Å². The molecule has 1 aliphatic heterocycles. The second-order valence-corrected chi connectivity index (χ2v) is 12.0. The van der Waals surface area contributed by atoms with Gasteiger partial charge >= 0.3 is 12.1 Å². The molecule has 210 valence electrons. The summed E-state index contributed by atoms with van der Waals surface area (Å²) >= 11 is 0. The monoisotopic (exact) mass is 551 g/mol. The van der Waals surface area contributed by atoms with Crippen LogP contribution >= 0.6 is 0 Å². The zero-order valence-corrected chi connectivity index (χ0v) is 22.8. The third kappa shape index (κ3) is 5.13. The highest BCUT2D eigenvalue weighted by Gasteiger charge is 2.36. The molecule has 1 atom stereocenters. The van der Waals surface area contributed by atoms with Crippen LogP contribution < -0.4 is 0 Å². The van der Waals surface area contributed by atoms with E-state index in [1.54, 1.807) is 12.1 Å². The zero-order chi connectivity index (χ0) is 28.2. The van der Waals surface area contributed by atoms with Crippen LogP contribution in [0.5, 0.6) is 0 Å². The van der Waals surface area contributed by atoms with Crippen LogP contribution in [0.25, 0.3) is 33.7 Å². The Labute approximate surface area is 230 Å². The van der Waals surface area contributed by atoms with Crippen molar-refractivity contribution in [2.24, 2.45) is 0 Å². The number of aromatic nitrogens is 3. The van der Waals surface area contributed by atoms with Crippen LogP contribution in [0.1, 0.15) is 88.1 Å².